The Hall–Kier alpha value is -1.75. The number of primary amides is 1. The quantitative estimate of drug-likeness (QED) is 0.739. The maximum Gasteiger partial charge on any atom is 0.218 e. The number of nitrogens with two attached hydrogens (primary N) is 1. The molecule has 1 aliphatic heterocycles. The third-order valence-corrected chi connectivity index (χ3v) is 3.24. The second kappa shape index (κ2) is 6.61. The first kappa shape index (κ1) is 14.7. The Morgan fingerprint density at radius 1 is 1.55 bits per heavy atom. The average Bonchev–Trinajstić information content (AvgIpc) is 2.74. The molecule has 1 heterocycles. The Kier molecular flexibility index (Phi) is 4.84. The largest absolute Gasteiger partial charge is 0.494 e. The maximum absolute atomic E-state index is 10.7. The molecule has 5 nitrogen and oxygen atoms in total. The SMILES string of the molecule is CCOc1cc2c(cc1CNCCC(N)=O)OC(C)C2. The third-order valence-electron chi connectivity index (χ3n) is 3.24. The molecule has 0 radical (unpaired) electrons. The van der Waals surface area contributed by atoms with Gasteiger partial charge in [-0.25, -0.2) is 0 Å². The number of hydrogen-bond donors (Lipinski definition) is 2. The first-order valence-electron chi connectivity index (χ1n) is 7.04. The van der Waals surface area contributed by atoms with Crippen LogP contribution in [-0.4, -0.2) is 25.2 Å². The van der Waals surface area contributed by atoms with E-state index in [9.17, 15) is 4.79 Å². The number of rotatable bonds is 7. The van der Waals surface area contributed by atoms with Crippen molar-refractivity contribution in [2.24, 2.45) is 5.73 Å². The number of fused-ring (bicyclic) bond motifs is 1. The summed E-state index contributed by atoms with van der Waals surface area (Å²) in [5.41, 5.74) is 7.36. The molecule has 110 valence electrons. The lowest BCUT2D eigenvalue weighted by Crippen LogP contribution is -2.21. The van der Waals surface area contributed by atoms with Crippen molar-refractivity contribution in [1.29, 1.82) is 0 Å². The van der Waals surface area contributed by atoms with Gasteiger partial charge in [-0.1, -0.05) is 0 Å². The van der Waals surface area contributed by atoms with E-state index in [0.29, 0.717) is 26.1 Å². The fourth-order valence-electron chi connectivity index (χ4n) is 2.34. The van der Waals surface area contributed by atoms with Crippen LogP contribution in [0.4, 0.5) is 0 Å². The van der Waals surface area contributed by atoms with Gasteiger partial charge in [-0.05, 0) is 26.0 Å². The standard InChI is InChI=1S/C15H22N2O3/c1-3-19-13-7-11-6-10(2)20-14(11)8-12(13)9-17-5-4-15(16)18/h7-8,10,17H,3-6,9H2,1-2H3,(H2,16,18). The van der Waals surface area contributed by atoms with Crippen molar-refractivity contribution in [3.63, 3.8) is 0 Å². The molecular formula is C15H22N2O3. The number of benzene rings is 1. The zero-order valence-electron chi connectivity index (χ0n) is 12.1. The second-order valence-electron chi connectivity index (χ2n) is 5.03. The minimum atomic E-state index is -0.298. The molecule has 1 aromatic rings. The Bertz CT molecular complexity index is 488. The number of carbonyl (C=O) groups excluding carboxylic acids is 1. The van der Waals surface area contributed by atoms with Gasteiger partial charge < -0.3 is 20.5 Å². The van der Waals surface area contributed by atoms with Crippen molar-refractivity contribution in [3.8, 4) is 11.5 Å². The molecule has 3 N–H and O–H groups in total. The summed E-state index contributed by atoms with van der Waals surface area (Å²) in [5, 5.41) is 3.20. The summed E-state index contributed by atoms with van der Waals surface area (Å²) in [4.78, 5) is 10.7. The van der Waals surface area contributed by atoms with Gasteiger partial charge in [0.2, 0.25) is 5.91 Å². The molecule has 2 rings (SSSR count). The highest BCUT2D eigenvalue weighted by atomic mass is 16.5. The highest BCUT2D eigenvalue weighted by molar-refractivity contribution is 5.73. The molecule has 0 saturated heterocycles. The molecular weight excluding hydrogens is 256 g/mol. The van der Waals surface area contributed by atoms with Crippen LogP contribution in [-0.2, 0) is 17.8 Å². The first-order valence-corrected chi connectivity index (χ1v) is 7.04. The van der Waals surface area contributed by atoms with E-state index in [2.05, 4.69) is 18.3 Å². The van der Waals surface area contributed by atoms with Crippen LogP contribution >= 0.6 is 0 Å². The number of nitrogens with one attached hydrogen (secondary N) is 1. The van der Waals surface area contributed by atoms with E-state index >= 15 is 0 Å². The van der Waals surface area contributed by atoms with E-state index in [4.69, 9.17) is 15.2 Å². The second-order valence-corrected chi connectivity index (χ2v) is 5.03. The Balaban J connectivity index is 2.06. The number of amides is 1. The third kappa shape index (κ3) is 3.63. The summed E-state index contributed by atoms with van der Waals surface area (Å²) >= 11 is 0. The number of hydrogen-bond acceptors (Lipinski definition) is 4. The van der Waals surface area contributed by atoms with Gasteiger partial charge in [0.05, 0.1) is 6.61 Å². The molecule has 1 atom stereocenters. The topological polar surface area (TPSA) is 73.6 Å². The van der Waals surface area contributed by atoms with Gasteiger partial charge in [0.1, 0.15) is 17.6 Å². The minimum absolute atomic E-state index is 0.220. The Morgan fingerprint density at radius 2 is 2.35 bits per heavy atom. The summed E-state index contributed by atoms with van der Waals surface area (Å²) in [5.74, 6) is 1.52. The van der Waals surface area contributed by atoms with Crippen molar-refractivity contribution in [2.75, 3.05) is 13.2 Å². The zero-order chi connectivity index (χ0) is 14.5. The van der Waals surface area contributed by atoms with Crippen LogP contribution in [0.3, 0.4) is 0 Å². The molecule has 1 aliphatic rings. The van der Waals surface area contributed by atoms with Crippen molar-refractivity contribution >= 4 is 5.91 Å². The van der Waals surface area contributed by atoms with Gasteiger partial charge >= 0.3 is 0 Å². The van der Waals surface area contributed by atoms with Gasteiger partial charge in [-0.2, -0.15) is 0 Å². The summed E-state index contributed by atoms with van der Waals surface area (Å²) in [6.07, 6.45) is 1.48. The summed E-state index contributed by atoms with van der Waals surface area (Å²) in [6, 6.07) is 4.09. The molecule has 1 aromatic carbocycles. The number of carbonyl (C=O) groups is 1. The molecule has 0 spiro atoms. The molecule has 0 fully saturated rings. The molecule has 0 aliphatic carbocycles. The van der Waals surface area contributed by atoms with Crippen LogP contribution in [0.1, 0.15) is 31.4 Å². The van der Waals surface area contributed by atoms with Gasteiger partial charge in [0, 0.05) is 37.1 Å². The minimum Gasteiger partial charge on any atom is -0.494 e. The first-order chi connectivity index (χ1) is 9.60. The van der Waals surface area contributed by atoms with Gasteiger partial charge in [0.15, 0.2) is 0 Å². The van der Waals surface area contributed by atoms with E-state index in [0.717, 1.165) is 23.5 Å². The molecule has 0 aromatic heterocycles. The van der Waals surface area contributed by atoms with Crippen LogP contribution in [0.2, 0.25) is 0 Å². The lowest BCUT2D eigenvalue weighted by Gasteiger charge is -2.13. The van der Waals surface area contributed by atoms with Crippen molar-refractivity contribution in [2.45, 2.75) is 39.3 Å². The van der Waals surface area contributed by atoms with E-state index in [1.165, 1.54) is 5.56 Å². The fourth-order valence-corrected chi connectivity index (χ4v) is 2.34. The van der Waals surface area contributed by atoms with Crippen LogP contribution in [0.25, 0.3) is 0 Å². The molecule has 20 heavy (non-hydrogen) atoms. The van der Waals surface area contributed by atoms with Crippen LogP contribution in [0.15, 0.2) is 12.1 Å². The lowest BCUT2D eigenvalue weighted by molar-refractivity contribution is -0.117. The average molecular weight is 278 g/mol. The fraction of sp³-hybridized carbons (Fsp3) is 0.533. The van der Waals surface area contributed by atoms with Crippen molar-refractivity contribution < 1.29 is 14.3 Å². The summed E-state index contributed by atoms with van der Waals surface area (Å²) in [7, 11) is 0. The van der Waals surface area contributed by atoms with Crippen LogP contribution in [0.5, 0.6) is 11.5 Å². The predicted octanol–water partition coefficient (Wildman–Crippen LogP) is 1.37. The molecule has 5 heteroatoms. The highest BCUT2D eigenvalue weighted by Gasteiger charge is 2.21. The lowest BCUT2D eigenvalue weighted by atomic mass is 10.1. The smallest absolute Gasteiger partial charge is 0.218 e. The predicted molar refractivity (Wildman–Crippen MR) is 76.9 cm³/mol. The van der Waals surface area contributed by atoms with E-state index in [-0.39, 0.29) is 12.0 Å². The van der Waals surface area contributed by atoms with E-state index in [1.807, 2.05) is 13.0 Å². The van der Waals surface area contributed by atoms with Crippen LogP contribution in [0, 0.1) is 0 Å². The summed E-state index contributed by atoms with van der Waals surface area (Å²) < 4.78 is 11.5. The summed E-state index contributed by atoms with van der Waals surface area (Å²) in [6.45, 7) is 5.86. The maximum atomic E-state index is 10.7. The van der Waals surface area contributed by atoms with E-state index < -0.39 is 0 Å². The molecule has 1 unspecified atom stereocenters. The normalized spacial score (nSPS) is 16.6. The monoisotopic (exact) mass is 278 g/mol. The Morgan fingerprint density at radius 3 is 3.05 bits per heavy atom. The van der Waals surface area contributed by atoms with Gasteiger partial charge in [-0.15, -0.1) is 0 Å². The van der Waals surface area contributed by atoms with Crippen LogP contribution < -0.4 is 20.5 Å². The zero-order valence-corrected chi connectivity index (χ0v) is 12.1. The molecule has 0 saturated carbocycles. The van der Waals surface area contributed by atoms with Gasteiger partial charge in [-0.3, -0.25) is 4.79 Å². The van der Waals surface area contributed by atoms with E-state index in [1.54, 1.807) is 0 Å². The number of ether oxygens (including phenoxy) is 2. The van der Waals surface area contributed by atoms with Gasteiger partial charge in [0.25, 0.3) is 0 Å². The highest BCUT2D eigenvalue weighted by Crippen LogP contribution is 2.35. The Labute approximate surface area is 119 Å². The van der Waals surface area contributed by atoms with Crippen molar-refractivity contribution in [1.82, 2.24) is 5.32 Å². The molecule has 1 amide bonds. The molecule has 0 bridgehead atoms. The van der Waals surface area contributed by atoms with Crippen molar-refractivity contribution in [3.05, 3.63) is 23.3 Å².